The average molecular weight is 557 g/mol. The Morgan fingerprint density at radius 1 is 0.590 bits per heavy atom. The second-order valence-corrected chi connectivity index (χ2v) is 14.2. The van der Waals surface area contributed by atoms with E-state index in [9.17, 15) is 0 Å². The van der Waals surface area contributed by atoms with Crippen molar-refractivity contribution in [3.63, 3.8) is 0 Å². The summed E-state index contributed by atoms with van der Waals surface area (Å²) < 4.78 is 0. The van der Waals surface area contributed by atoms with E-state index in [1.54, 1.807) is 0 Å². The Kier molecular flexibility index (Phi) is 45.0. The van der Waals surface area contributed by atoms with Gasteiger partial charge in [0.1, 0.15) is 0 Å². The summed E-state index contributed by atoms with van der Waals surface area (Å²) in [5.41, 5.74) is 0.701. The fourth-order valence-electron chi connectivity index (χ4n) is 4.35. The largest absolute Gasteiger partial charge is 0.0683 e. The van der Waals surface area contributed by atoms with Crippen molar-refractivity contribution in [1.82, 2.24) is 0 Å². The predicted molar refractivity (Wildman–Crippen MR) is 190 cm³/mol. The van der Waals surface area contributed by atoms with Gasteiger partial charge in [-0.2, -0.15) is 0 Å². The van der Waals surface area contributed by atoms with Crippen molar-refractivity contribution in [2.75, 3.05) is 0 Å². The molecule has 2 aliphatic rings. The van der Waals surface area contributed by atoms with Gasteiger partial charge in [-0.05, 0) is 60.2 Å². The molecule has 39 heavy (non-hydrogen) atoms. The van der Waals surface area contributed by atoms with Crippen molar-refractivity contribution in [2.24, 2.45) is 40.9 Å². The van der Waals surface area contributed by atoms with Crippen LogP contribution < -0.4 is 0 Å². The minimum absolute atomic E-state index is 0.701. The van der Waals surface area contributed by atoms with E-state index in [1.165, 1.54) is 89.9 Å². The van der Waals surface area contributed by atoms with Crippen LogP contribution in [0.5, 0.6) is 0 Å². The molecule has 2 rings (SSSR count). The molecule has 2 fully saturated rings. The van der Waals surface area contributed by atoms with Crippen LogP contribution in [0.25, 0.3) is 0 Å². The minimum atomic E-state index is 0.701. The number of rotatable bonds is 5. The molecular formula is C39H88. The zero-order valence-electron chi connectivity index (χ0n) is 31.9. The molecule has 0 aromatic heterocycles. The van der Waals surface area contributed by atoms with E-state index in [0.717, 1.165) is 35.5 Å². The zero-order chi connectivity index (χ0) is 31.9. The maximum atomic E-state index is 2.44. The molecule has 0 radical (unpaired) electrons. The van der Waals surface area contributed by atoms with Crippen molar-refractivity contribution >= 4 is 0 Å². The zero-order valence-corrected chi connectivity index (χ0v) is 31.9. The molecule has 0 bridgehead atoms. The van der Waals surface area contributed by atoms with Crippen LogP contribution in [0.15, 0.2) is 0 Å². The van der Waals surface area contributed by atoms with Gasteiger partial charge in [0.2, 0.25) is 0 Å². The molecule has 0 N–H and O–H groups in total. The third-order valence-electron chi connectivity index (χ3n) is 7.50. The molecule has 0 atom stereocenters. The molecular weight excluding hydrogens is 468 g/mol. The molecule has 0 amide bonds. The molecule has 2 aliphatic carbocycles. The van der Waals surface area contributed by atoms with Gasteiger partial charge in [0.05, 0.1) is 0 Å². The lowest BCUT2D eigenvalue weighted by molar-refractivity contribution is 0.172. The van der Waals surface area contributed by atoms with Crippen LogP contribution in [-0.4, -0.2) is 0 Å². The van der Waals surface area contributed by atoms with Crippen molar-refractivity contribution in [3.8, 4) is 0 Å². The second-order valence-electron chi connectivity index (χ2n) is 14.2. The summed E-state index contributed by atoms with van der Waals surface area (Å²) in [5.74, 6) is 5.75. The van der Waals surface area contributed by atoms with Gasteiger partial charge in [0.15, 0.2) is 0 Å². The van der Waals surface area contributed by atoms with Crippen LogP contribution in [0, 0.1) is 40.9 Å². The summed E-state index contributed by atoms with van der Waals surface area (Å²) in [4.78, 5) is 0. The lowest BCUT2D eigenvalue weighted by atomic mass is 9.71. The van der Waals surface area contributed by atoms with Crippen LogP contribution in [0.1, 0.15) is 215 Å². The van der Waals surface area contributed by atoms with Gasteiger partial charge in [0.25, 0.3) is 0 Å². The molecule has 0 heteroatoms. The molecule has 2 saturated carbocycles. The SMILES string of the molecule is CC.CC(C)C.CCC.CCC.CCC(C)C.CCC1(C)CCC(C)CC1.CCC1CCC(CC(C)C)CC1. The van der Waals surface area contributed by atoms with Crippen molar-refractivity contribution in [1.29, 1.82) is 0 Å². The van der Waals surface area contributed by atoms with Crippen LogP contribution in [0.2, 0.25) is 0 Å². The fraction of sp³-hybridized carbons (Fsp3) is 1.00. The van der Waals surface area contributed by atoms with E-state index >= 15 is 0 Å². The first-order chi connectivity index (χ1) is 18.2. The third-order valence-corrected chi connectivity index (χ3v) is 7.50. The molecule has 0 aromatic carbocycles. The summed E-state index contributed by atoms with van der Waals surface area (Å²) in [7, 11) is 0. The van der Waals surface area contributed by atoms with Crippen LogP contribution in [-0.2, 0) is 0 Å². The molecule has 0 unspecified atom stereocenters. The van der Waals surface area contributed by atoms with Gasteiger partial charge < -0.3 is 0 Å². The predicted octanol–water partition coefficient (Wildman–Crippen LogP) is 15.4. The Morgan fingerprint density at radius 2 is 0.897 bits per heavy atom. The first-order valence-corrected chi connectivity index (χ1v) is 18.2. The smallest absolute Gasteiger partial charge is 0.0328 e. The van der Waals surface area contributed by atoms with Gasteiger partial charge in [-0.15, -0.1) is 0 Å². The molecule has 0 heterocycles. The molecule has 0 aliphatic heterocycles. The van der Waals surface area contributed by atoms with Gasteiger partial charge >= 0.3 is 0 Å². The van der Waals surface area contributed by atoms with Crippen LogP contribution in [0.3, 0.4) is 0 Å². The topological polar surface area (TPSA) is 0 Å². The van der Waals surface area contributed by atoms with Gasteiger partial charge in [-0.1, -0.05) is 195 Å². The lowest BCUT2D eigenvalue weighted by Gasteiger charge is -2.35. The normalized spacial score (nSPS) is 23.5. The Hall–Kier alpha value is 0. The minimum Gasteiger partial charge on any atom is -0.0683 e. The second kappa shape index (κ2) is 36.0. The summed E-state index contributed by atoms with van der Waals surface area (Å²) in [6.45, 7) is 39.8. The highest BCUT2D eigenvalue weighted by atomic mass is 14.3. The van der Waals surface area contributed by atoms with Crippen molar-refractivity contribution in [2.45, 2.75) is 215 Å². The Bertz CT molecular complexity index is 370. The average Bonchev–Trinajstić information content (AvgIpc) is 2.89. The summed E-state index contributed by atoms with van der Waals surface area (Å²) in [6, 6.07) is 0. The summed E-state index contributed by atoms with van der Waals surface area (Å²) in [5, 5.41) is 0. The fourth-order valence-corrected chi connectivity index (χ4v) is 4.35. The van der Waals surface area contributed by atoms with E-state index in [-0.39, 0.29) is 0 Å². The number of hydrogen-bond donors (Lipinski definition) is 0. The van der Waals surface area contributed by atoms with Crippen LogP contribution in [0.4, 0.5) is 0 Å². The highest BCUT2D eigenvalue weighted by molar-refractivity contribution is 4.79. The van der Waals surface area contributed by atoms with Crippen molar-refractivity contribution in [3.05, 3.63) is 0 Å². The molecule has 0 nitrogen and oxygen atoms in total. The highest BCUT2D eigenvalue weighted by Gasteiger charge is 2.27. The van der Waals surface area contributed by atoms with E-state index in [2.05, 4.69) is 111 Å². The monoisotopic (exact) mass is 557 g/mol. The first kappa shape index (κ1) is 48.7. The molecule has 0 aromatic rings. The van der Waals surface area contributed by atoms with E-state index in [0.29, 0.717) is 5.41 Å². The maximum absolute atomic E-state index is 2.44. The Morgan fingerprint density at radius 3 is 1.13 bits per heavy atom. The van der Waals surface area contributed by atoms with E-state index < -0.39 is 0 Å². The summed E-state index contributed by atoms with van der Waals surface area (Å²) in [6.07, 6.45) is 19.9. The van der Waals surface area contributed by atoms with Gasteiger partial charge in [-0.25, -0.2) is 0 Å². The molecule has 244 valence electrons. The standard InChI is InChI=1S/C12H24.C10H20.C5H12.C4H10.2C3H8.C2H6/c1-4-11-5-7-12(8-6-11)9-10(2)3;1-4-10(3)7-5-9(2)6-8-10;1-4-5(2)3;1-4(2)3;2*1-3-2;1-2/h10-12H,4-9H2,1-3H3;9H,4-8H2,1-3H3;5H,4H2,1-3H3;4H,1-3H3;2*3H2,1-2H3;1-2H3. The Labute approximate surface area is 255 Å². The quantitative estimate of drug-likeness (QED) is 0.316. The lowest BCUT2D eigenvalue weighted by Crippen LogP contribution is -2.22. The van der Waals surface area contributed by atoms with Gasteiger partial charge in [-0.3, -0.25) is 0 Å². The Balaban J connectivity index is -0.000000128. The van der Waals surface area contributed by atoms with Crippen LogP contribution >= 0.6 is 0 Å². The maximum Gasteiger partial charge on any atom is -0.0328 e. The molecule has 0 saturated heterocycles. The number of hydrogen-bond acceptors (Lipinski definition) is 0. The molecule has 0 spiro atoms. The highest BCUT2D eigenvalue weighted by Crippen LogP contribution is 2.40. The van der Waals surface area contributed by atoms with E-state index in [1.807, 2.05) is 13.8 Å². The van der Waals surface area contributed by atoms with Crippen molar-refractivity contribution < 1.29 is 0 Å². The summed E-state index contributed by atoms with van der Waals surface area (Å²) >= 11 is 0. The first-order valence-electron chi connectivity index (χ1n) is 18.2. The van der Waals surface area contributed by atoms with Gasteiger partial charge in [0, 0.05) is 0 Å². The third kappa shape index (κ3) is 45.2. The van der Waals surface area contributed by atoms with E-state index in [4.69, 9.17) is 0 Å².